The van der Waals surface area contributed by atoms with Crippen LogP contribution in [-0.2, 0) is 28.6 Å². The quantitative estimate of drug-likeness (QED) is 0.0200. The van der Waals surface area contributed by atoms with E-state index in [1.807, 2.05) is 0 Å². The molecular weight excluding hydrogens is 745 g/mol. The van der Waals surface area contributed by atoms with Gasteiger partial charge in [0.1, 0.15) is 13.2 Å². The molecule has 0 rings (SSSR count). The highest BCUT2D eigenvalue weighted by Gasteiger charge is 2.19. The Hall–Kier alpha value is -3.67. The summed E-state index contributed by atoms with van der Waals surface area (Å²) in [6.45, 7) is 6.29. The molecule has 1 atom stereocenters. The summed E-state index contributed by atoms with van der Waals surface area (Å²) in [5.74, 6) is -0.965. The van der Waals surface area contributed by atoms with E-state index in [-0.39, 0.29) is 31.1 Å². The van der Waals surface area contributed by atoms with E-state index in [4.69, 9.17) is 14.2 Å². The van der Waals surface area contributed by atoms with Crippen molar-refractivity contribution in [1.29, 1.82) is 0 Å². The molecule has 0 aliphatic rings. The summed E-state index contributed by atoms with van der Waals surface area (Å²) in [7, 11) is 0. The van der Waals surface area contributed by atoms with Crippen LogP contribution in [0.4, 0.5) is 0 Å². The van der Waals surface area contributed by atoms with Crippen LogP contribution >= 0.6 is 0 Å². The maximum absolute atomic E-state index is 12.7. The second-order valence-corrected chi connectivity index (χ2v) is 15.6. The largest absolute Gasteiger partial charge is 0.462 e. The summed E-state index contributed by atoms with van der Waals surface area (Å²) in [5.41, 5.74) is 0. The van der Waals surface area contributed by atoms with Crippen LogP contribution in [0.25, 0.3) is 0 Å². The highest BCUT2D eigenvalue weighted by Crippen LogP contribution is 2.13. The molecule has 0 radical (unpaired) electrons. The van der Waals surface area contributed by atoms with Crippen LogP contribution in [0, 0.1) is 0 Å². The molecule has 0 heterocycles. The van der Waals surface area contributed by atoms with Crippen LogP contribution in [0.5, 0.6) is 0 Å². The molecular formula is C54H88O6. The molecule has 0 saturated heterocycles. The molecule has 0 fully saturated rings. The standard InChI is InChI=1S/C54H88O6/c1-4-7-10-13-16-19-22-24-25-26-27-28-29-30-33-35-38-41-44-47-53(56)59-50-51(49-58-52(55)46-43-40-37-34-31-21-18-15-12-9-6-3)60-54(57)48-45-42-39-36-32-23-20-17-14-11-8-5-2/h7-8,10-11,15-21,24-25,27-28,31,51H,4-6,9,12-14,22-23,26,29-30,32-50H2,1-3H3/b10-7-,11-8-,18-15-,19-16-,20-17-,25-24-,28-27-,31-21-. The minimum Gasteiger partial charge on any atom is -0.462 e. The van der Waals surface area contributed by atoms with Crippen LogP contribution in [0.15, 0.2) is 97.2 Å². The first-order valence-electron chi connectivity index (χ1n) is 24.3. The molecule has 0 saturated carbocycles. The fraction of sp³-hybridized carbons (Fsp3) is 0.648. The number of rotatable bonds is 42. The predicted molar refractivity (Wildman–Crippen MR) is 256 cm³/mol. The van der Waals surface area contributed by atoms with Gasteiger partial charge in [0, 0.05) is 19.3 Å². The Labute approximate surface area is 368 Å². The van der Waals surface area contributed by atoms with E-state index in [1.54, 1.807) is 0 Å². The molecule has 0 aliphatic carbocycles. The van der Waals surface area contributed by atoms with Crippen molar-refractivity contribution in [1.82, 2.24) is 0 Å². The molecule has 60 heavy (non-hydrogen) atoms. The first kappa shape index (κ1) is 56.3. The van der Waals surface area contributed by atoms with Gasteiger partial charge in [-0.25, -0.2) is 0 Å². The lowest BCUT2D eigenvalue weighted by atomic mass is 10.1. The van der Waals surface area contributed by atoms with Crippen molar-refractivity contribution in [3.8, 4) is 0 Å². The van der Waals surface area contributed by atoms with Gasteiger partial charge >= 0.3 is 17.9 Å². The molecule has 0 spiro atoms. The van der Waals surface area contributed by atoms with Gasteiger partial charge < -0.3 is 14.2 Å². The fourth-order valence-electron chi connectivity index (χ4n) is 6.21. The smallest absolute Gasteiger partial charge is 0.306 e. The summed E-state index contributed by atoms with van der Waals surface area (Å²) in [5, 5.41) is 0. The van der Waals surface area contributed by atoms with Gasteiger partial charge in [-0.2, -0.15) is 0 Å². The van der Waals surface area contributed by atoms with E-state index in [9.17, 15) is 14.4 Å². The third kappa shape index (κ3) is 45.4. The third-order valence-electron chi connectivity index (χ3n) is 9.83. The molecule has 0 aromatic heterocycles. The van der Waals surface area contributed by atoms with Gasteiger partial charge in [-0.05, 0) is 103 Å². The van der Waals surface area contributed by atoms with Gasteiger partial charge in [-0.15, -0.1) is 0 Å². The van der Waals surface area contributed by atoms with E-state index < -0.39 is 6.10 Å². The van der Waals surface area contributed by atoms with Crippen molar-refractivity contribution in [2.45, 2.75) is 213 Å². The number of hydrogen-bond donors (Lipinski definition) is 0. The van der Waals surface area contributed by atoms with E-state index in [0.717, 1.165) is 141 Å². The van der Waals surface area contributed by atoms with Crippen LogP contribution in [0.2, 0.25) is 0 Å². The van der Waals surface area contributed by atoms with Crippen molar-refractivity contribution in [3.05, 3.63) is 97.2 Å². The second kappa shape index (κ2) is 48.0. The lowest BCUT2D eigenvalue weighted by molar-refractivity contribution is -0.167. The third-order valence-corrected chi connectivity index (χ3v) is 9.83. The SMILES string of the molecule is CC/C=C\C/C=C\C/C=C\C/C=C\CCCCCCCCC(=O)OCC(COC(=O)CCCCC/C=C\C=C/CCCC)OC(=O)CCCCCCC/C=C\C/C=C\CC. The van der Waals surface area contributed by atoms with E-state index in [1.165, 1.54) is 25.7 Å². The first-order chi connectivity index (χ1) is 29.5. The number of ether oxygens (including phenoxy) is 3. The van der Waals surface area contributed by atoms with Gasteiger partial charge in [0.05, 0.1) is 0 Å². The van der Waals surface area contributed by atoms with Crippen LogP contribution in [-0.4, -0.2) is 37.2 Å². The summed E-state index contributed by atoms with van der Waals surface area (Å²) in [6.07, 6.45) is 62.5. The predicted octanol–water partition coefficient (Wildman–Crippen LogP) is 15.8. The number of carbonyl (C=O) groups is 3. The van der Waals surface area contributed by atoms with Gasteiger partial charge in [0.2, 0.25) is 0 Å². The average Bonchev–Trinajstić information content (AvgIpc) is 3.24. The highest BCUT2D eigenvalue weighted by molar-refractivity contribution is 5.71. The Morgan fingerprint density at radius 1 is 0.367 bits per heavy atom. The van der Waals surface area contributed by atoms with E-state index >= 15 is 0 Å². The molecule has 0 aromatic rings. The second-order valence-electron chi connectivity index (χ2n) is 15.6. The Bertz CT molecular complexity index is 1230. The molecule has 0 amide bonds. The summed E-state index contributed by atoms with van der Waals surface area (Å²) >= 11 is 0. The molecule has 1 unspecified atom stereocenters. The number of hydrogen-bond acceptors (Lipinski definition) is 6. The van der Waals surface area contributed by atoms with Gasteiger partial charge in [-0.1, -0.05) is 182 Å². The van der Waals surface area contributed by atoms with Crippen molar-refractivity contribution in [3.63, 3.8) is 0 Å². The Morgan fingerprint density at radius 3 is 1.13 bits per heavy atom. The number of esters is 3. The molecule has 0 bridgehead atoms. The van der Waals surface area contributed by atoms with Gasteiger partial charge in [0.15, 0.2) is 6.10 Å². The maximum Gasteiger partial charge on any atom is 0.306 e. The number of allylic oxidation sites excluding steroid dienone is 16. The van der Waals surface area contributed by atoms with E-state index in [2.05, 4.69) is 118 Å². The van der Waals surface area contributed by atoms with Gasteiger partial charge in [-0.3, -0.25) is 14.4 Å². The van der Waals surface area contributed by atoms with Crippen molar-refractivity contribution >= 4 is 17.9 Å². The van der Waals surface area contributed by atoms with Crippen LogP contribution in [0.1, 0.15) is 207 Å². The minimum absolute atomic E-state index is 0.101. The van der Waals surface area contributed by atoms with Crippen molar-refractivity contribution in [2.24, 2.45) is 0 Å². The molecule has 6 heteroatoms. The Balaban J connectivity index is 4.42. The summed E-state index contributed by atoms with van der Waals surface area (Å²) in [4.78, 5) is 37.8. The zero-order valence-corrected chi connectivity index (χ0v) is 38.7. The molecule has 0 aromatic carbocycles. The molecule has 6 nitrogen and oxygen atoms in total. The van der Waals surface area contributed by atoms with Crippen molar-refractivity contribution in [2.75, 3.05) is 13.2 Å². The first-order valence-corrected chi connectivity index (χ1v) is 24.3. The summed E-state index contributed by atoms with van der Waals surface area (Å²) in [6, 6.07) is 0. The van der Waals surface area contributed by atoms with Crippen LogP contribution < -0.4 is 0 Å². The monoisotopic (exact) mass is 833 g/mol. The van der Waals surface area contributed by atoms with E-state index in [0.29, 0.717) is 19.3 Å². The lowest BCUT2D eigenvalue weighted by Crippen LogP contribution is -2.30. The molecule has 340 valence electrons. The Morgan fingerprint density at radius 2 is 0.700 bits per heavy atom. The zero-order chi connectivity index (χ0) is 43.7. The number of unbranched alkanes of at least 4 members (excludes halogenated alkanes) is 16. The molecule has 0 N–H and O–H groups in total. The maximum atomic E-state index is 12.7. The fourth-order valence-corrected chi connectivity index (χ4v) is 6.21. The number of carbonyl (C=O) groups excluding carboxylic acids is 3. The topological polar surface area (TPSA) is 78.9 Å². The van der Waals surface area contributed by atoms with Gasteiger partial charge in [0.25, 0.3) is 0 Å². The van der Waals surface area contributed by atoms with Crippen LogP contribution in [0.3, 0.4) is 0 Å². The average molecular weight is 833 g/mol. The zero-order valence-electron chi connectivity index (χ0n) is 38.7. The minimum atomic E-state index is -0.801. The van der Waals surface area contributed by atoms with Crippen molar-refractivity contribution < 1.29 is 28.6 Å². The Kier molecular flexibility index (Phi) is 45.1. The summed E-state index contributed by atoms with van der Waals surface area (Å²) < 4.78 is 16.7. The normalized spacial score (nSPS) is 12.9. The lowest BCUT2D eigenvalue weighted by Gasteiger charge is -2.18. The highest BCUT2D eigenvalue weighted by atomic mass is 16.6. The molecule has 0 aliphatic heterocycles.